The molecule has 0 aliphatic heterocycles. The number of fused-ring (bicyclic) bond motifs is 1. The van der Waals surface area contributed by atoms with Crippen LogP contribution in [0.4, 0.5) is 0 Å². The van der Waals surface area contributed by atoms with Gasteiger partial charge in [0.2, 0.25) is 5.91 Å². The highest BCUT2D eigenvalue weighted by molar-refractivity contribution is 7.99. The Kier molecular flexibility index (Phi) is 6.49. The van der Waals surface area contributed by atoms with Crippen LogP contribution in [0.1, 0.15) is 38.1 Å². The maximum Gasteiger partial charge on any atom is 0.267 e. The largest absolute Gasteiger partial charge is 0.337 e. The van der Waals surface area contributed by atoms with Gasteiger partial charge in [0.25, 0.3) is 5.56 Å². The van der Waals surface area contributed by atoms with Gasteiger partial charge in [-0.1, -0.05) is 30.0 Å². The van der Waals surface area contributed by atoms with E-state index in [4.69, 9.17) is 4.98 Å². The lowest BCUT2D eigenvalue weighted by Gasteiger charge is -2.30. The number of carbonyl (C=O) groups is 1. The maximum atomic E-state index is 13.4. The monoisotopic (exact) mass is 429 g/mol. The molecule has 0 atom stereocenters. The van der Waals surface area contributed by atoms with Gasteiger partial charge >= 0.3 is 0 Å². The van der Waals surface area contributed by atoms with Crippen LogP contribution in [-0.4, -0.2) is 38.2 Å². The smallest absolute Gasteiger partial charge is 0.267 e. The van der Waals surface area contributed by atoms with Crippen molar-refractivity contribution in [2.45, 2.75) is 58.8 Å². The molecule has 0 unspecified atom stereocenters. The molecule has 0 radical (unpaired) electrons. The van der Waals surface area contributed by atoms with Gasteiger partial charge in [-0.2, -0.15) is 0 Å². The van der Waals surface area contributed by atoms with Crippen molar-refractivity contribution in [3.63, 3.8) is 0 Å². The maximum absolute atomic E-state index is 13.4. The molecule has 3 rings (SSSR count). The van der Waals surface area contributed by atoms with E-state index in [9.17, 15) is 9.59 Å². The third-order valence-electron chi connectivity index (χ3n) is 4.91. The summed E-state index contributed by atoms with van der Waals surface area (Å²) in [5.41, 5.74) is 1.66. The van der Waals surface area contributed by atoms with Crippen molar-refractivity contribution >= 4 is 39.2 Å². The lowest BCUT2D eigenvalue weighted by Crippen LogP contribution is -2.43. The van der Waals surface area contributed by atoms with E-state index in [1.165, 1.54) is 23.1 Å². The highest BCUT2D eigenvalue weighted by Crippen LogP contribution is 2.29. The fourth-order valence-electron chi connectivity index (χ4n) is 3.55. The summed E-state index contributed by atoms with van der Waals surface area (Å²) in [6, 6.07) is 9.75. The molecule has 3 aromatic rings. The predicted molar refractivity (Wildman–Crippen MR) is 123 cm³/mol. The van der Waals surface area contributed by atoms with Crippen molar-refractivity contribution in [2.24, 2.45) is 0 Å². The fraction of sp³-hybridized carbons (Fsp3) is 0.409. The molecule has 0 N–H and O–H groups in total. The van der Waals surface area contributed by atoms with E-state index in [1.54, 1.807) is 4.57 Å². The van der Waals surface area contributed by atoms with Crippen LogP contribution in [0, 0.1) is 13.8 Å². The minimum atomic E-state index is -0.0809. The van der Waals surface area contributed by atoms with Gasteiger partial charge in [-0.3, -0.25) is 14.2 Å². The molecular weight excluding hydrogens is 402 g/mol. The minimum Gasteiger partial charge on any atom is -0.337 e. The number of benzene rings is 1. The molecular formula is C22H27N3O2S2. The van der Waals surface area contributed by atoms with Crippen molar-refractivity contribution < 1.29 is 4.79 Å². The topological polar surface area (TPSA) is 55.2 Å². The normalized spacial score (nSPS) is 11.6. The van der Waals surface area contributed by atoms with E-state index in [0.29, 0.717) is 10.5 Å². The van der Waals surface area contributed by atoms with Gasteiger partial charge in [0.05, 0.1) is 16.8 Å². The molecule has 0 saturated carbocycles. The number of rotatable bonds is 6. The number of aromatic nitrogens is 2. The molecule has 0 spiro atoms. The average molecular weight is 430 g/mol. The van der Waals surface area contributed by atoms with E-state index in [0.717, 1.165) is 21.0 Å². The Morgan fingerprint density at radius 2 is 1.76 bits per heavy atom. The lowest BCUT2D eigenvalue weighted by molar-refractivity contribution is -0.131. The molecule has 0 aliphatic carbocycles. The number of thioether (sulfide) groups is 1. The predicted octanol–water partition coefficient (Wildman–Crippen LogP) is 4.80. The second kappa shape index (κ2) is 8.71. The molecule has 0 bridgehead atoms. The van der Waals surface area contributed by atoms with E-state index in [1.807, 2.05) is 76.8 Å². The number of aryl methyl sites for hydroxylation is 2. The summed E-state index contributed by atoms with van der Waals surface area (Å²) in [4.78, 5) is 34.7. The molecule has 0 fully saturated rings. The van der Waals surface area contributed by atoms with E-state index in [2.05, 4.69) is 0 Å². The van der Waals surface area contributed by atoms with Gasteiger partial charge in [0.15, 0.2) is 5.16 Å². The molecule has 0 saturated heterocycles. The zero-order chi connectivity index (χ0) is 21.3. The Labute approximate surface area is 179 Å². The molecule has 5 nitrogen and oxygen atoms in total. The lowest BCUT2D eigenvalue weighted by atomic mass is 10.2. The fourth-order valence-corrected chi connectivity index (χ4v) is 5.50. The van der Waals surface area contributed by atoms with E-state index < -0.39 is 0 Å². The first-order chi connectivity index (χ1) is 13.7. The van der Waals surface area contributed by atoms with Crippen molar-refractivity contribution in [3.05, 3.63) is 51.1 Å². The van der Waals surface area contributed by atoms with Crippen LogP contribution in [0.15, 0.2) is 40.3 Å². The molecule has 2 heterocycles. The van der Waals surface area contributed by atoms with Crippen LogP contribution in [-0.2, 0) is 4.79 Å². The molecule has 1 amide bonds. The van der Waals surface area contributed by atoms with Crippen LogP contribution >= 0.6 is 23.1 Å². The Morgan fingerprint density at radius 3 is 2.34 bits per heavy atom. The summed E-state index contributed by atoms with van der Waals surface area (Å²) in [6.07, 6.45) is 0. The van der Waals surface area contributed by atoms with Crippen molar-refractivity contribution in [1.82, 2.24) is 14.5 Å². The highest BCUT2D eigenvalue weighted by Gasteiger charge is 2.23. The summed E-state index contributed by atoms with van der Waals surface area (Å²) in [6.45, 7) is 12.0. The minimum absolute atomic E-state index is 0.0486. The van der Waals surface area contributed by atoms with Crippen LogP contribution in [0.25, 0.3) is 15.9 Å². The van der Waals surface area contributed by atoms with Gasteiger partial charge < -0.3 is 4.90 Å². The van der Waals surface area contributed by atoms with Crippen LogP contribution < -0.4 is 5.56 Å². The van der Waals surface area contributed by atoms with Gasteiger partial charge in [0, 0.05) is 17.0 Å². The quantitative estimate of drug-likeness (QED) is 0.417. The molecule has 0 aliphatic rings. The van der Waals surface area contributed by atoms with Crippen molar-refractivity contribution in [1.29, 1.82) is 0 Å². The third-order valence-corrected chi connectivity index (χ3v) is 6.94. The summed E-state index contributed by atoms with van der Waals surface area (Å²) in [5, 5.41) is 1.22. The number of para-hydroxylation sites is 1. The summed E-state index contributed by atoms with van der Waals surface area (Å²) < 4.78 is 1.63. The van der Waals surface area contributed by atoms with E-state index >= 15 is 0 Å². The van der Waals surface area contributed by atoms with Crippen LogP contribution in [0.5, 0.6) is 0 Å². The Hall–Kier alpha value is -2.12. The number of thiophene rings is 1. The zero-order valence-electron chi connectivity index (χ0n) is 17.7. The van der Waals surface area contributed by atoms with Crippen LogP contribution in [0.3, 0.4) is 0 Å². The number of hydrogen-bond acceptors (Lipinski definition) is 5. The van der Waals surface area contributed by atoms with Gasteiger partial charge in [0.1, 0.15) is 4.83 Å². The first-order valence-electron chi connectivity index (χ1n) is 9.74. The SMILES string of the molecule is Cc1sc2nc(SCC(=O)N(C(C)C)C(C)C)n(-c3ccccc3)c(=O)c2c1C. The standard InChI is InChI=1S/C22H27N3O2S2/c1-13(2)24(14(3)4)18(26)12-28-22-23-20-19(15(5)16(6)29-20)21(27)25(22)17-10-8-7-9-11-17/h7-11,13-14H,12H2,1-6H3. The summed E-state index contributed by atoms with van der Waals surface area (Å²) in [5.74, 6) is 0.289. The molecule has 2 aromatic heterocycles. The van der Waals surface area contributed by atoms with Crippen molar-refractivity contribution in [3.8, 4) is 5.69 Å². The number of hydrogen-bond donors (Lipinski definition) is 0. The second-order valence-electron chi connectivity index (χ2n) is 7.61. The summed E-state index contributed by atoms with van der Waals surface area (Å²) in [7, 11) is 0. The van der Waals surface area contributed by atoms with E-state index in [-0.39, 0.29) is 29.3 Å². The van der Waals surface area contributed by atoms with Crippen molar-refractivity contribution in [2.75, 3.05) is 5.75 Å². The van der Waals surface area contributed by atoms with Gasteiger partial charge in [-0.15, -0.1) is 11.3 Å². The van der Waals surface area contributed by atoms with Gasteiger partial charge in [-0.25, -0.2) is 4.98 Å². The Balaban J connectivity index is 2.07. The first kappa shape index (κ1) is 21.6. The van der Waals surface area contributed by atoms with Gasteiger partial charge in [-0.05, 0) is 59.2 Å². The molecule has 1 aromatic carbocycles. The van der Waals surface area contributed by atoms with Crippen LogP contribution in [0.2, 0.25) is 0 Å². The number of carbonyl (C=O) groups excluding carboxylic acids is 1. The number of nitrogens with zero attached hydrogens (tertiary/aromatic N) is 3. The average Bonchev–Trinajstić information content (AvgIpc) is 2.94. The number of amides is 1. The Bertz CT molecular complexity index is 1080. The second-order valence-corrected chi connectivity index (χ2v) is 9.76. The zero-order valence-corrected chi connectivity index (χ0v) is 19.4. The Morgan fingerprint density at radius 1 is 1.14 bits per heavy atom. The first-order valence-corrected chi connectivity index (χ1v) is 11.5. The highest BCUT2D eigenvalue weighted by atomic mass is 32.2. The molecule has 29 heavy (non-hydrogen) atoms. The molecule has 154 valence electrons. The third kappa shape index (κ3) is 4.26. The summed E-state index contributed by atoms with van der Waals surface area (Å²) >= 11 is 2.85. The molecule has 7 heteroatoms.